The lowest BCUT2D eigenvalue weighted by Crippen LogP contribution is -2.32. The number of carbonyl (C=O) groups is 1. The maximum atomic E-state index is 12.2. The van der Waals surface area contributed by atoms with Gasteiger partial charge in [0, 0.05) is 12.0 Å². The van der Waals surface area contributed by atoms with Crippen LogP contribution >= 0.6 is 0 Å². The van der Waals surface area contributed by atoms with Gasteiger partial charge in [0.2, 0.25) is 0 Å². The molecule has 2 heterocycles. The zero-order valence-corrected chi connectivity index (χ0v) is 10.7. The van der Waals surface area contributed by atoms with E-state index in [9.17, 15) is 4.79 Å². The van der Waals surface area contributed by atoms with Gasteiger partial charge in [0.25, 0.3) is 5.91 Å². The molecule has 4 heteroatoms. The smallest absolute Gasteiger partial charge is 0.255 e. The van der Waals surface area contributed by atoms with Crippen LogP contribution in [0.5, 0.6) is 5.75 Å². The molecule has 1 aliphatic rings. The van der Waals surface area contributed by atoms with Gasteiger partial charge in [0.1, 0.15) is 11.5 Å². The van der Waals surface area contributed by atoms with Crippen molar-refractivity contribution in [3.05, 3.63) is 53.5 Å². The van der Waals surface area contributed by atoms with E-state index in [1.807, 2.05) is 24.3 Å². The molecule has 0 aliphatic carbocycles. The SMILES string of the molecule is Cc1occc1C(=O)N[C@H]1CCOc2ccccc21. The van der Waals surface area contributed by atoms with Gasteiger partial charge in [-0.05, 0) is 19.1 Å². The molecule has 1 aromatic carbocycles. The number of carbonyl (C=O) groups excluding carboxylic acids is 1. The van der Waals surface area contributed by atoms with Crippen molar-refractivity contribution in [3.8, 4) is 5.75 Å². The van der Waals surface area contributed by atoms with Crippen LogP contribution in [-0.4, -0.2) is 12.5 Å². The molecule has 0 fully saturated rings. The zero-order valence-electron chi connectivity index (χ0n) is 10.7. The predicted octanol–water partition coefficient (Wildman–Crippen LogP) is 2.84. The lowest BCUT2D eigenvalue weighted by atomic mass is 10.0. The van der Waals surface area contributed by atoms with Crippen molar-refractivity contribution in [2.45, 2.75) is 19.4 Å². The lowest BCUT2D eigenvalue weighted by molar-refractivity contribution is 0.0923. The minimum atomic E-state index is -0.104. The van der Waals surface area contributed by atoms with Gasteiger partial charge in [-0.3, -0.25) is 4.79 Å². The van der Waals surface area contributed by atoms with Crippen LogP contribution in [0, 0.1) is 6.92 Å². The minimum Gasteiger partial charge on any atom is -0.493 e. The van der Waals surface area contributed by atoms with Crippen LogP contribution in [0.1, 0.15) is 34.1 Å². The van der Waals surface area contributed by atoms with Crippen molar-refractivity contribution >= 4 is 5.91 Å². The fourth-order valence-electron chi connectivity index (χ4n) is 2.35. The Labute approximate surface area is 111 Å². The molecule has 0 unspecified atom stereocenters. The summed E-state index contributed by atoms with van der Waals surface area (Å²) in [4.78, 5) is 12.2. The van der Waals surface area contributed by atoms with E-state index in [0.717, 1.165) is 17.7 Å². The summed E-state index contributed by atoms with van der Waals surface area (Å²) in [5.41, 5.74) is 1.62. The van der Waals surface area contributed by atoms with Crippen molar-refractivity contribution in [3.63, 3.8) is 0 Å². The molecule has 3 rings (SSSR count). The molecule has 0 saturated carbocycles. The summed E-state index contributed by atoms with van der Waals surface area (Å²) in [6.07, 6.45) is 2.31. The van der Waals surface area contributed by atoms with Gasteiger partial charge >= 0.3 is 0 Å². The highest BCUT2D eigenvalue weighted by Crippen LogP contribution is 2.31. The molecule has 0 radical (unpaired) electrons. The van der Waals surface area contributed by atoms with Crippen molar-refractivity contribution < 1.29 is 13.9 Å². The van der Waals surface area contributed by atoms with Gasteiger partial charge in [0.05, 0.1) is 24.5 Å². The van der Waals surface area contributed by atoms with E-state index in [2.05, 4.69) is 5.32 Å². The van der Waals surface area contributed by atoms with E-state index in [-0.39, 0.29) is 11.9 Å². The predicted molar refractivity (Wildman–Crippen MR) is 70.2 cm³/mol. The Morgan fingerprint density at radius 1 is 1.32 bits per heavy atom. The van der Waals surface area contributed by atoms with E-state index < -0.39 is 0 Å². The quantitative estimate of drug-likeness (QED) is 0.900. The fraction of sp³-hybridized carbons (Fsp3) is 0.267. The standard InChI is InChI=1S/C15H15NO3/c1-10-11(6-8-18-10)15(17)16-13-7-9-19-14-5-3-2-4-12(13)14/h2-6,8,13H,7,9H2,1H3,(H,16,17)/t13-/m0/s1. The fourth-order valence-corrected chi connectivity index (χ4v) is 2.35. The number of nitrogens with one attached hydrogen (secondary N) is 1. The third-order valence-electron chi connectivity index (χ3n) is 3.37. The molecule has 1 aromatic heterocycles. The summed E-state index contributed by atoms with van der Waals surface area (Å²) in [6, 6.07) is 9.49. The number of fused-ring (bicyclic) bond motifs is 1. The van der Waals surface area contributed by atoms with Crippen LogP contribution in [0.25, 0.3) is 0 Å². The highest BCUT2D eigenvalue weighted by Gasteiger charge is 2.23. The number of rotatable bonds is 2. The molecule has 4 nitrogen and oxygen atoms in total. The van der Waals surface area contributed by atoms with E-state index in [0.29, 0.717) is 17.9 Å². The highest BCUT2D eigenvalue weighted by molar-refractivity contribution is 5.95. The summed E-state index contributed by atoms with van der Waals surface area (Å²) < 4.78 is 10.7. The van der Waals surface area contributed by atoms with Crippen LogP contribution in [-0.2, 0) is 0 Å². The Bertz CT molecular complexity index is 603. The molecule has 2 aromatic rings. The van der Waals surface area contributed by atoms with E-state index in [1.165, 1.54) is 6.26 Å². The maximum absolute atomic E-state index is 12.2. The second-order valence-electron chi connectivity index (χ2n) is 4.59. The van der Waals surface area contributed by atoms with Crippen LogP contribution < -0.4 is 10.1 Å². The van der Waals surface area contributed by atoms with E-state index in [4.69, 9.17) is 9.15 Å². The first-order chi connectivity index (χ1) is 9.25. The Morgan fingerprint density at radius 3 is 2.95 bits per heavy atom. The highest BCUT2D eigenvalue weighted by atomic mass is 16.5. The summed E-state index contributed by atoms with van der Waals surface area (Å²) in [5, 5.41) is 3.04. The molecule has 1 N–H and O–H groups in total. The first kappa shape index (κ1) is 11.8. The van der Waals surface area contributed by atoms with Gasteiger partial charge < -0.3 is 14.5 Å². The number of ether oxygens (including phenoxy) is 1. The Kier molecular flexibility index (Phi) is 2.99. The van der Waals surface area contributed by atoms with Crippen molar-refractivity contribution in [2.75, 3.05) is 6.61 Å². The topological polar surface area (TPSA) is 51.5 Å². The first-order valence-electron chi connectivity index (χ1n) is 6.32. The van der Waals surface area contributed by atoms with Gasteiger partial charge in [-0.2, -0.15) is 0 Å². The van der Waals surface area contributed by atoms with Crippen LogP contribution in [0.4, 0.5) is 0 Å². The number of para-hydroxylation sites is 1. The van der Waals surface area contributed by atoms with Gasteiger partial charge in [-0.15, -0.1) is 0 Å². The molecule has 1 aliphatic heterocycles. The third-order valence-corrected chi connectivity index (χ3v) is 3.37. The monoisotopic (exact) mass is 257 g/mol. The summed E-state index contributed by atoms with van der Waals surface area (Å²) in [6.45, 7) is 2.40. The summed E-state index contributed by atoms with van der Waals surface area (Å²) >= 11 is 0. The second-order valence-corrected chi connectivity index (χ2v) is 4.59. The van der Waals surface area contributed by atoms with Gasteiger partial charge in [0.15, 0.2) is 0 Å². The first-order valence-corrected chi connectivity index (χ1v) is 6.32. The average Bonchev–Trinajstić information content (AvgIpc) is 2.85. The third kappa shape index (κ3) is 2.21. The number of benzene rings is 1. The molecule has 0 saturated heterocycles. The van der Waals surface area contributed by atoms with Crippen LogP contribution in [0.2, 0.25) is 0 Å². The Hall–Kier alpha value is -2.23. The van der Waals surface area contributed by atoms with E-state index in [1.54, 1.807) is 13.0 Å². The zero-order chi connectivity index (χ0) is 13.2. The number of amides is 1. The largest absolute Gasteiger partial charge is 0.493 e. The molecule has 19 heavy (non-hydrogen) atoms. The molecule has 98 valence electrons. The van der Waals surface area contributed by atoms with Gasteiger partial charge in [-0.1, -0.05) is 18.2 Å². The number of hydrogen-bond donors (Lipinski definition) is 1. The number of furan rings is 1. The molecular formula is C15H15NO3. The molecule has 1 atom stereocenters. The Morgan fingerprint density at radius 2 is 2.16 bits per heavy atom. The summed E-state index contributed by atoms with van der Waals surface area (Å²) in [7, 11) is 0. The molecule has 1 amide bonds. The molecule has 0 bridgehead atoms. The second kappa shape index (κ2) is 4.80. The average molecular weight is 257 g/mol. The van der Waals surface area contributed by atoms with Crippen LogP contribution in [0.15, 0.2) is 41.0 Å². The summed E-state index contributed by atoms with van der Waals surface area (Å²) in [5.74, 6) is 1.38. The van der Waals surface area contributed by atoms with Crippen molar-refractivity contribution in [1.82, 2.24) is 5.32 Å². The normalized spacial score (nSPS) is 17.4. The van der Waals surface area contributed by atoms with Gasteiger partial charge in [-0.25, -0.2) is 0 Å². The van der Waals surface area contributed by atoms with Crippen molar-refractivity contribution in [2.24, 2.45) is 0 Å². The molecular weight excluding hydrogens is 242 g/mol. The van der Waals surface area contributed by atoms with Crippen molar-refractivity contribution in [1.29, 1.82) is 0 Å². The lowest BCUT2D eigenvalue weighted by Gasteiger charge is -2.26. The molecule has 0 spiro atoms. The number of hydrogen-bond acceptors (Lipinski definition) is 3. The minimum absolute atomic E-state index is 0.00764. The van der Waals surface area contributed by atoms with E-state index >= 15 is 0 Å². The maximum Gasteiger partial charge on any atom is 0.255 e. The Balaban J connectivity index is 1.82. The number of aryl methyl sites for hydroxylation is 1. The van der Waals surface area contributed by atoms with Crippen LogP contribution in [0.3, 0.4) is 0 Å².